The van der Waals surface area contributed by atoms with Gasteiger partial charge in [0.25, 0.3) is 0 Å². The summed E-state index contributed by atoms with van der Waals surface area (Å²) in [6, 6.07) is -0.632. The summed E-state index contributed by atoms with van der Waals surface area (Å²) in [6.45, 7) is 4.94. The van der Waals surface area contributed by atoms with E-state index in [4.69, 9.17) is 4.74 Å². The average Bonchev–Trinajstić information content (AvgIpc) is 3.38. The Kier molecular flexibility index (Phi) is 60.9. The van der Waals surface area contributed by atoms with Crippen LogP contribution in [-0.2, 0) is 14.3 Å². The van der Waals surface area contributed by atoms with E-state index in [1.165, 1.54) is 308 Å². The van der Waals surface area contributed by atoms with Gasteiger partial charge in [-0.2, -0.15) is 0 Å². The third kappa shape index (κ3) is 57.9. The molecule has 2 unspecified atom stereocenters. The number of rotatable bonds is 62. The molecule has 0 spiro atoms. The number of amides is 1. The molecule has 0 radical (unpaired) electrons. The number of nitrogens with one attached hydrogen (secondary N) is 1. The molecule has 0 saturated carbocycles. The number of allylic oxidation sites excluding steroid dienone is 1. The zero-order valence-electron chi connectivity index (χ0n) is 48.9. The highest BCUT2D eigenvalue weighted by Gasteiger charge is 2.18. The van der Waals surface area contributed by atoms with Crippen molar-refractivity contribution in [2.24, 2.45) is 0 Å². The van der Waals surface area contributed by atoms with Crippen molar-refractivity contribution in [1.29, 1.82) is 0 Å². The highest BCUT2D eigenvalue weighted by atomic mass is 16.5. The number of hydrogen-bond donors (Lipinski definition) is 3. The summed E-state index contributed by atoms with van der Waals surface area (Å²) in [5.41, 5.74) is 0. The molecular weight excluding hydrogens is 887 g/mol. The normalized spacial score (nSPS) is 12.6. The second-order valence-corrected chi connectivity index (χ2v) is 22.8. The Morgan fingerprint density at radius 2 is 0.639 bits per heavy atom. The van der Waals surface area contributed by atoms with Gasteiger partial charge in [0.05, 0.1) is 25.4 Å². The maximum atomic E-state index is 12.5. The van der Waals surface area contributed by atoms with Crippen LogP contribution in [0.15, 0.2) is 12.2 Å². The summed E-state index contributed by atoms with van der Waals surface area (Å²) in [5.74, 6) is -0.0591. The van der Waals surface area contributed by atoms with E-state index < -0.39 is 12.1 Å². The molecule has 0 aromatic rings. The van der Waals surface area contributed by atoms with Crippen LogP contribution in [0.3, 0.4) is 0 Å². The van der Waals surface area contributed by atoms with E-state index in [1.54, 1.807) is 6.08 Å². The highest BCUT2D eigenvalue weighted by molar-refractivity contribution is 5.76. The lowest BCUT2D eigenvalue weighted by Gasteiger charge is -2.20. The van der Waals surface area contributed by atoms with Gasteiger partial charge in [-0.1, -0.05) is 341 Å². The quantitative estimate of drug-likeness (QED) is 0.0320. The minimum atomic E-state index is -0.848. The monoisotopic (exact) mass is 1020 g/mol. The fourth-order valence-electron chi connectivity index (χ4n) is 10.5. The molecule has 0 heterocycles. The van der Waals surface area contributed by atoms with Crippen LogP contribution in [0.5, 0.6) is 0 Å². The van der Waals surface area contributed by atoms with Crippen LogP contribution in [-0.4, -0.2) is 47.4 Å². The zero-order valence-corrected chi connectivity index (χ0v) is 48.9. The van der Waals surface area contributed by atoms with E-state index in [-0.39, 0.29) is 18.5 Å². The van der Waals surface area contributed by atoms with Gasteiger partial charge in [-0.15, -0.1) is 0 Å². The molecule has 6 heteroatoms. The molecule has 0 fully saturated rings. The Morgan fingerprint density at radius 1 is 0.375 bits per heavy atom. The van der Waals surface area contributed by atoms with Gasteiger partial charge < -0.3 is 20.3 Å². The molecule has 0 bridgehead atoms. The van der Waals surface area contributed by atoms with Crippen molar-refractivity contribution in [3.63, 3.8) is 0 Å². The Hall–Kier alpha value is -1.40. The molecule has 0 saturated heterocycles. The molecule has 3 N–H and O–H groups in total. The topological polar surface area (TPSA) is 95.9 Å². The van der Waals surface area contributed by atoms with Gasteiger partial charge in [0, 0.05) is 12.8 Å². The van der Waals surface area contributed by atoms with Crippen molar-refractivity contribution >= 4 is 11.9 Å². The van der Waals surface area contributed by atoms with Crippen molar-refractivity contribution in [2.45, 2.75) is 386 Å². The first-order valence-electron chi connectivity index (χ1n) is 33.0. The van der Waals surface area contributed by atoms with Gasteiger partial charge in [0.1, 0.15) is 0 Å². The number of hydrogen-bond acceptors (Lipinski definition) is 5. The predicted octanol–water partition coefficient (Wildman–Crippen LogP) is 20.8. The molecule has 6 nitrogen and oxygen atoms in total. The Morgan fingerprint density at radius 3 is 0.944 bits per heavy atom. The van der Waals surface area contributed by atoms with Gasteiger partial charge >= 0.3 is 5.97 Å². The fourth-order valence-corrected chi connectivity index (χ4v) is 10.5. The van der Waals surface area contributed by atoms with E-state index in [0.29, 0.717) is 19.4 Å². The Balaban J connectivity index is 3.41. The molecule has 0 aliphatic rings. The zero-order chi connectivity index (χ0) is 52.2. The van der Waals surface area contributed by atoms with E-state index in [0.717, 1.165) is 38.5 Å². The van der Waals surface area contributed by atoms with Crippen LogP contribution in [0, 0.1) is 0 Å². The maximum Gasteiger partial charge on any atom is 0.305 e. The fraction of sp³-hybridized carbons (Fsp3) is 0.939. The number of aliphatic hydroxyl groups is 2. The number of esters is 1. The van der Waals surface area contributed by atoms with Crippen molar-refractivity contribution in [1.82, 2.24) is 5.32 Å². The molecular formula is C66H129NO5. The standard InChI is InChI=1S/C66H129NO5/c1-3-5-7-9-11-13-15-17-19-21-23-24-26-30-34-38-42-46-50-54-58-64(69)63(62-68)67-65(70)59-55-51-47-43-39-35-31-27-25-29-33-37-41-45-49-53-57-61-72-66(71)60-56-52-48-44-40-36-32-28-22-20-18-16-14-12-10-8-6-4-2/h54,58,63-64,68-69H,3-53,55-57,59-62H2,1-2H3,(H,67,70)/b58-54+. The van der Waals surface area contributed by atoms with Gasteiger partial charge in [-0.05, 0) is 32.1 Å². The largest absolute Gasteiger partial charge is 0.466 e. The molecule has 428 valence electrons. The summed E-state index contributed by atoms with van der Waals surface area (Å²) in [5, 5.41) is 23.2. The third-order valence-corrected chi connectivity index (χ3v) is 15.6. The molecule has 0 aromatic carbocycles. The minimum Gasteiger partial charge on any atom is -0.466 e. The molecule has 0 aliphatic carbocycles. The van der Waals surface area contributed by atoms with Crippen LogP contribution in [0.2, 0.25) is 0 Å². The first-order chi connectivity index (χ1) is 35.5. The van der Waals surface area contributed by atoms with Crippen LogP contribution in [0.4, 0.5) is 0 Å². The van der Waals surface area contributed by atoms with E-state index in [1.807, 2.05) is 6.08 Å². The van der Waals surface area contributed by atoms with Gasteiger partial charge in [-0.3, -0.25) is 9.59 Å². The SMILES string of the molecule is CCCCCCCCCCCCCCCCCCCC/C=C/C(O)C(CO)NC(=O)CCCCCCCCCCCCCCCCCCCOC(=O)CCCCCCCCCCCCCCCCCCCC. The first kappa shape index (κ1) is 70.6. The van der Waals surface area contributed by atoms with Crippen LogP contribution in [0.25, 0.3) is 0 Å². The van der Waals surface area contributed by atoms with Crippen molar-refractivity contribution in [3.8, 4) is 0 Å². The van der Waals surface area contributed by atoms with Gasteiger partial charge in [-0.25, -0.2) is 0 Å². The van der Waals surface area contributed by atoms with E-state index in [9.17, 15) is 19.8 Å². The molecule has 1 amide bonds. The van der Waals surface area contributed by atoms with Crippen LogP contribution in [0.1, 0.15) is 373 Å². The molecule has 2 atom stereocenters. The molecule has 0 rings (SSSR count). The summed E-state index contributed by atoms with van der Waals surface area (Å²) < 4.78 is 5.50. The molecule has 72 heavy (non-hydrogen) atoms. The maximum absolute atomic E-state index is 12.5. The van der Waals surface area contributed by atoms with Gasteiger partial charge in [0.15, 0.2) is 0 Å². The number of aliphatic hydroxyl groups excluding tert-OH is 2. The number of carbonyl (C=O) groups is 2. The van der Waals surface area contributed by atoms with Crippen molar-refractivity contribution < 1.29 is 24.5 Å². The Labute approximate surface area is 450 Å². The summed E-state index contributed by atoms with van der Waals surface area (Å²) in [6.07, 6.45) is 75.4. The first-order valence-corrected chi connectivity index (χ1v) is 33.0. The van der Waals surface area contributed by atoms with Gasteiger partial charge in [0.2, 0.25) is 5.91 Å². The minimum absolute atomic E-state index is 0.00995. The van der Waals surface area contributed by atoms with Crippen LogP contribution < -0.4 is 5.32 Å². The van der Waals surface area contributed by atoms with E-state index in [2.05, 4.69) is 19.2 Å². The predicted molar refractivity (Wildman–Crippen MR) is 315 cm³/mol. The van der Waals surface area contributed by atoms with Crippen LogP contribution >= 0.6 is 0 Å². The van der Waals surface area contributed by atoms with Crippen molar-refractivity contribution in [3.05, 3.63) is 12.2 Å². The molecule has 0 aromatic heterocycles. The number of unbranched alkanes of at least 4 members (excludes halogenated alkanes) is 51. The van der Waals surface area contributed by atoms with E-state index >= 15 is 0 Å². The molecule has 0 aliphatic heterocycles. The smallest absolute Gasteiger partial charge is 0.305 e. The number of carbonyl (C=O) groups excluding carboxylic acids is 2. The lowest BCUT2D eigenvalue weighted by atomic mass is 10.0. The summed E-state index contributed by atoms with van der Waals surface area (Å²) in [7, 11) is 0. The van der Waals surface area contributed by atoms with Crippen molar-refractivity contribution in [2.75, 3.05) is 13.2 Å². The summed E-state index contributed by atoms with van der Waals surface area (Å²) in [4.78, 5) is 24.6. The Bertz CT molecular complexity index is 1080. The summed E-state index contributed by atoms with van der Waals surface area (Å²) >= 11 is 0. The second kappa shape index (κ2) is 62.1. The third-order valence-electron chi connectivity index (χ3n) is 15.6. The number of ether oxygens (including phenoxy) is 1. The average molecular weight is 1020 g/mol. The second-order valence-electron chi connectivity index (χ2n) is 22.8. The lowest BCUT2D eigenvalue weighted by Crippen LogP contribution is -2.45. The lowest BCUT2D eigenvalue weighted by molar-refractivity contribution is -0.143. The highest BCUT2D eigenvalue weighted by Crippen LogP contribution is 2.18.